The number of rotatable bonds is 4. The number of nitrogens with zero attached hydrogens (tertiary/aromatic N) is 2. The molecule has 0 amide bonds. The molecule has 0 saturated carbocycles. The highest BCUT2D eigenvalue weighted by molar-refractivity contribution is 5.22. The molecule has 84 valence electrons. The molecule has 1 aromatic heterocycles. The summed E-state index contributed by atoms with van der Waals surface area (Å²) in [6.45, 7) is 2.04. The van der Waals surface area contributed by atoms with Crippen LogP contribution in [0.1, 0.15) is 30.2 Å². The number of aromatic amines is 1. The van der Waals surface area contributed by atoms with E-state index in [2.05, 4.69) is 15.2 Å². The van der Waals surface area contributed by atoms with Gasteiger partial charge in [-0.1, -0.05) is 37.3 Å². The summed E-state index contributed by atoms with van der Waals surface area (Å²) in [7, 11) is 1.67. The van der Waals surface area contributed by atoms with Crippen molar-refractivity contribution in [1.82, 2.24) is 15.2 Å². The Hall–Kier alpha value is -1.68. The first-order chi connectivity index (χ1) is 7.85. The Labute approximate surface area is 94.7 Å². The van der Waals surface area contributed by atoms with Gasteiger partial charge in [-0.3, -0.25) is 5.10 Å². The minimum atomic E-state index is -0.197. The molecular formula is C12H15N3O. The number of H-pyrrole nitrogens is 1. The first-order valence-electron chi connectivity index (χ1n) is 5.34. The quantitative estimate of drug-likeness (QED) is 0.853. The second-order valence-electron chi connectivity index (χ2n) is 3.52. The predicted molar refractivity (Wildman–Crippen MR) is 61.1 cm³/mol. The second-order valence-corrected chi connectivity index (χ2v) is 3.52. The maximum Gasteiger partial charge on any atom is 0.183 e. The fourth-order valence-electron chi connectivity index (χ4n) is 1.60. The lowest BCUT2D eigenvalue weighted by Gasteiger charge is -2.11. The Morgan fingerprint density at radius 3 is 2.62 bits per heavy atom. The van der Waals surface area contributed by atoms with Crippen LogP contribution in [0.4, 0.5) is 0 Å². The van der Waals surface area contributed by atoms with E-state index in [4.69, 9.17) is 4.74 Å². The van der Waals surface area contributed by atoms with Crippen LogP contribution < -0.4 is 0 Å². The number of nitrogens with one attached hydrogen (secondary N) is 1. The van der Waals surface area contributed by atoms with Crippen molar-refractivity contribution in [3.8, 4) is 0 Å². The van der Waals surface area contributed by atoms with Crippen LogP contribution >= 0.6 is 0 Å². The zero-order chi connectivity index (χ0) is 11.4. The Kier molecular flexibility index (Phi) is 3.31. The Bertz CT molecular complexity index is 439. The molecule has 0 saturated heterocycles. The van der Waals surface area contributed by atoms with E-state index in [1.807, 2.05) is 37.3 Å². The van der Waals surface area contributed by atoms with Crippen LogP contribution in [-0.2, 0) is 11.2 Å². The Morgan fingerprint density at radius 1 is 1.31 bits per heavy atom. The normalized spacial score (nSPS) is 12.6. The summed E-state index contributed by atoms with van der Waals surface area (Å²) in [6.07, 6.45) is 0.649. The molecule has 1 unspecified atom stereocenters. The van der Waals surface area contributed by atoms with Gasteiger partial charge in [0.1, 0.15) is 11.9 Å². The smallest absolute Gasteiger partial charge is 0.183 e. The number of methoxy groups -OCH3 is 1. The summed E-state index contributed by atoms with van der Waals surface area (Å²) < 4.78 is 5.44. The summed E-state index contributed by atoms with van der Waals surface area (Å²) in [5.74, 6) is 1.57. The van der Waals surface area contributed by atoms with Gasteiger partial charge < -0.3 is 4.74 Å². The van der Waals surface area contributed by atoms with Gasteiger partial charge in [0.05, 0.1) is 0 Å². The summed E-state index contributed by atoms with van der Waals surface area (Å²) in [4.78, 5) is 4.38. The lowest BCUT2D eigenvalue weighted by Crippen LogP contribution is -2.05. The molecule has 0 aliphatic carbocycles. The monoisotopic (exact) mass is 217 g/mol. The van der Waals surface area contributed by atoms with Crippen molar-refractivity contribution >= 4 is 0 Å². The van der Waals surface area contributed by atoms with Crippen LogP contribution in [0.5, 0.6) is 0 Å². The number of hydrogen-bond donors (Lipinski definition) is 1. The summed E-state index contributed by atoms with van der Waals surface area (Å²) in [6, 6.07) is 9.96. The van der Waals surface area contributed by atoms with E-state index in [0.717, 1.165) is 17.8 Å². The van der Waals surface area contributed by atoms with Gasteiger partial charge in [0.2, 0.25) is 0 Å². The van der Waals surface area contributed by atoms with Crippen molar-refractivity contribution in [3.05, 3.63) is 47.5 Å². The molecule has 4 nitrogen and oxygen atoms in total. The predicted octanol–water partition coefficient (Wildman–Crippen LogP) is 2.10. The SMILES string of the molecule is CCc1nc(C(OC)c2ccccc2)n[nH]1. The number of aromatic nitrogens is 3. The third-order valence-electron chi connectivity index (χ3n) is 2.46. The molecule has 1 N–H and O–H groups in total. The van der Waals surface area contributed by atoms with Gasteiger partial charge in [0, 0.05) is 13.5 Å². The second kappa shape index (κ2) is 4.90. The highest BCUT2D eigenvalue weighted by atomic mass is 16.5. The molecule has 1 aromatic carbocycles. The molecular weight excluding hydrogens is 202 g/mol. The van der Waals surface area contributed by atoms with Gasteiger partial charge >= 0.3 is 0 Å². The van der Waals surface area contributed by atoms with Crippen molar-refractivity contribution in [2.24, 2.45) is 0 Å². The molecule has 2 rings (SSSR count). The van der Waals surface area contributed by atoms with Crippen LogP contribution in [0.15, 0.2) is 30.3 Å². The van der Waals surface area contributed by atoms with Crippen molar-refractivity contribution in [1.29, 1.82) is 0 Å². The zero-order valence-corrected chi connectivity index (χ0v) is 9.47. The maximum atomic E-state index is 5.44. The molecule has 4 heteroatoms. The number of hydrogen-bond acceptors (Lipinski definition) is 3. The Balaban J connectivity index is 2.29. The first-order valence-corrected chi connectivity index (χ1v) is 5.34. The summed E-state index contributed by atoms with van der Waals surface area (Å²) in [5.41, 5.74) is 1.06. The molecule has 0 aliphatic rings. The number of aryl methyl sites for hydroxylation is 1. The van der Waals surface area contributed by atoms with E-state index in [0.29, 0.717) is 5.82 Å². The van der Waals surface area contributed by atoms with Crippen molar-refractivity contribution < 1.29 is 4.74 Å². The number of benzene rings is 1. The molecule has 1 atom stereocenters. The van der Waals surface area contributed by atoms with E-state index in [1.165, 1.54) is 0 Å². The van der Waals surface area contributed by atoms with Crippen LogP contribution in [0.25, 0.3) is 0 Å². The summed E-state index contributed by atoms with van der Waals surface area (Å²) in [5, 5.41) is 7.07. The van der Waals surface area contributed by atoms with Gasteiger partial charge in [-0.25, -0.2) is 4.98 Å². The fraction of sp³-hybridized carbons (Fsp3) is 0.333. The van der Waals surface area contributed by atoms with Gasteiger partial charge in [-0.15, -0.1) is 0 Å². The van der Waals surface area contributed by atoms with Crippen LogP contribution in [0.2, 0.25) is 0 Å². The highest BCUT2D eigenvalue weighted by Crippen LogP contribution is 2.21. The van der Waals surface area contributed by atoms with Crippen molar-refractivity contribution in [3.63, 3.8) is 0 Å². The zero-order valence-electron chi connectivity index (χ0n) is 9.47. The van der Waals surface area contributed by atoms with Gasteiger partial charge in [0.25, 0.3) is 0 Å². The van der Waals surface area contributed by atoms with E-state index in [9.17, 15) is 0 Å². The molecule has 0 spiro atoms. The van der Waals surface area contributed by atoms with Crippen LogP contribution in [0.3, 0.4) is 0 Å². The third-order valence-corrected chi connectivity index (χ3v) is 2.46. The van der Waals surface area contributed by atoms with Crippen LogP contribution in [-0.4, -0.2) is 22.3 Å². The first kappa shape index (κ1) is 10.8. The van der Waals surface area contributed by atoms with E-state index in [1.54, 1.807) is 7.11 Å². The third kappa shape index (κ3) is 2.12. The average Bonchev–Trinajstić information content (AvgIpc) is 2.80. The highest BCUT2D eigenvalue weighted by Gasteiger charge is 2.17. The number of ether oxygens (including phenoxy) is 1. The van der Waals surface area contributed by atoms with Gasteiger partial charge in [0.15, 0.2) is 5.82 Å². The van der Waals surface area contributed by atoms with Crippen molar-refractivity contribution in [2.75, 3.05) is 7.11 Å². The van der Waals surface area contributed by atoms with E-state index >= 15 is 0 Å². The topological polar surface area (TPSA) is 50.8 Å². The minimum absolute atomic E-state index is 0.197. The minimum Gasteiger partial charge on any atom is -0.369 e. The molecule has 0 aliphatic heterocycles. The van der Waals surface area contributed by atoms with Crippen molar-refractivity contribution in [2.45, 2.75) is 19.4 Å². The summed E-state index contributed by atoms with van der Waals surface area (Å²) >= 11 is 0. The van der Waals surface area contributed by atoms with Crippen LogP contribution in [0, 0.1) is 0 Å². The standard InChI is InChI=1S/C12H15N3O/c1-3-10-13-12(15-14-10)11(16-2)9-7-5-4-6-8-9/h4-8,11H,3H2,1-2H3,(H,13,14,15). The molecule has 16 heavy (non-hydrogen) atoms. The maximum absolute atomic E-state index is 5.44. The lowest BCUT2D eigenvalue weighted by molar-refractivity contribution is 0.129. The largest absolute Gasteiger partial charge is 0.369 e. The van der Waals surface area contributed by atoms with Gasteiger partial charge in [-0.2, -0.15) is 5.10 Å². The van der Waals surface area contributed by atoms with Gasteiger partial charge in [-0.05, 0) is 5.56 Å². The molecule has 1 heterocycles. The fourth-order valence-corrected chi connectivity index (χ4v) is 1.60. The average molecular weight is 217 g/mol. The molecule has 0 bridgehead atoms. The lowest BCUT2D eigenvalue weighted by atomic mass is 10.1. The van der Waals surface area contributed by atoms with E-state index in [-0.39, 0.29) is 6.10 Å². The van der Waals surface area contributed by atoms with E-state index < -0.39 is 0 Å². The molecule has 2 aromatic rings. The Morgan fingerprint density at radius 2 is 2.06 bits per heavy atom. The molecule has 0 radical (unpaired) electrons. The molecule has 0 fully saturated rings.